The Hall–Kier alpha value is -2.33. The van der Waals surface area contributed by atoms with E-state index in [9.17, 15) is 4.79 Å². The van der Waals surface area contributed by atoms with Gasteiger partial charge >= 0.3 is 0 Å². The first-order valence-electron chi connectivity index (χ1n) is 7.13. The summed E-state index contributed by atoms with van der Waals surface area (Å²) in [5.74, 6) is 0.586. The SMILES string of the molecule is CCC(=O)Nc1c(-c2ccc(C)cc2)nc2ccc(Cl)cn12. The van der Waals surface area contributed by atoms with E-state index in [1.165, 1.54) is 5.56 Å². The maximum atomic E-state index is 11.9. The summed E-state index contributed by atoms with van der Waals surface area (Å²) >= 11 is 6.08. The van der Waals surface area contributed by atoms with Gasteiger partial charge < -0.3 is 5.32 Å². The summed E-state index contributed by atoms with van der Waals surface area (Å²) < 4.78 is 1.81. The van der Waals surface area contributed by atoms with E-state index in [1.54, 1.807) is 12.3 Å². The number of pyridine rings is 1. The molecule has 3 rings (SSSR count). The zero-order valence-electron chi connectivity index (χ0n) is 12.4. The number of carbonyl (C=O) groups is 1. The fourth-order valence-corrected chi connectivity index (χ4v) is 2.43. The van der Waals surface area contributed by atoms with E-state index in [0.29, 0.717) is 17.3 Å². The van der Waals surface area contributed by atoms with E-state index < -0.39 is 0 Å². The first-order chi connectivity index (χ1) is 10.6. The average Bonchev–Trinajstić information content (AvgIpc) is 2.86. The molecule has 0 aliphatic carbocycles. The molecule has 0 aliphatic heterocycles. The van der Waals surface area contributed by atoms with Crippen molar-refractivity contribution in [1.29, 1.82) is 0 Å². The molecule has 5 heteroatoms. The van der Waals surface area contributed by atoms with Crippen molar-refractivity contribution >= 4 is 29.0 Å². The molecular weight excluding hydrogens is 298 g/mol. The molecule has 4 nitrogen and oxygen atoms in total. The van der Waals surface area contributed by atoms with Gasteiger partial charge in [-0.3, -0.25) is 9.20 Å². The van der Waals surface area contributed by atoms with E-state index in [-0.39, 0.29) is 5.91 Å². The van der Waals surface area contributed by atoms with Crippen LogP contribution in [0, 0.1) is 6.92 Å². The third-order valence-electron chi connectivity index (χ3n) is 3.49. The third kappa shape index (κ3) is 2.70. The van der Waals surface area contributed by atoms with Gasteiger partial charge in [0.25, 0.3) is 0 Å². The lowest BCUT2D eigenvalue weighted by Gasteiger charge is -2.07. The van der Waals surface area contributed by atoms with Gasteiger partial charge in [0.1, 0.15) is 17.2 Å². The summed E-state index contributed by atoms with van der Waals surface area (Å²) in [6, 6.07) is 11.7. The zero-order valence-corrected chi connectivity index (χ0v) is 13.2. The number of carbonyl (C=O) groups excluding carboxylic acids is 1. The number of halogens is 1. The van der Waals surface area contributed by atoms with Crippen LogP contribution in [0.15, 0.2) is 42.6 Å². The molecule has 3 aromatic rings. The molecule has 0 fully saturated rings. The van der Waals surface area contributed by atoms with E-state index in [0.717, 1.165) is 16.9 Å². The van der Waals surface area contributed by atoms with Crippen molar-refractivity contribution in [2.24, 2.45) is 0 Å². The predicted molar refractivity (Wildman–Crippen MR) is 89.3 cm³/mol. The summed E-state index contributed by atoms with van der Waals surface area (Å²) in [6.07, 6.45) is 2.16. The highest BCUT2D eigenvalue weighted by molar-refractivity contribution is 6.30. The lowest BCUT2D eigenvalue weighted by atomic mass is 10.1. The van der Waals surface area contributed by atoms with Crippen molar-refractivity contribution in [1.82, 2.24) is 9.38 Å². The van der Waals surface area contributed by atoms with Crippen molar-refractivity contribution in [3.8, 4) is 11.3 Å². The molecule has 0 unspecified atom stereocenters. The Bertz CT molecular complexity index is 837. The molecule has 1 N–H and O–H groups in total. The Labute approximate surface area is 133 Å². The van der Waals surface area contributed by atoms with Crippen LogP contribution in [0.2, 0.25) is 5.02 Å². The number of fused-ring (bicyclic) bond motifs is 1. The molecule has 1 aromatic carbocycles. The van der Waals surface area contributed by atoms with E-state index in [2.05, 4.69) is 10.3 Å². The second-order valence-corrected chi connectivity index (χ2v) is 5.59. The molecule has 22 heavy (non-hydrogen) atoms. The van der Waals surface area contributed by atoms with Gasteiger partial charge in [-0.25, -0.2) is 4.98 Å². The van der Waals surface area contributed by atoms with Gasteiger partial charge in [0.05, 0.1) is 5.02 Å². The lowest BCUT2D eigenvalue weighted by Crippen LogP contribution is -2.12. The van der Waals surface area contributed by atoms with Gasteiger partial charge in [0.2, 0.25) is 5.91 Å². The van der Waals surface area contributed by atoms with E-state index >= 15 is 0 Å². The van der Waals surface area contributed by atoms with Crippen LogP contribution in [-0.4, -0.2) is 15.3 Å². The number of amides is 1. The maximum Gasteiger partial charge on any atom is 0.225 e. The number of aromatic nitrogens is 2. The normalized spacial score (nSPS) is 10.9. The van der Waals surface area contributed by atoms with Crippen molar-refractivity contribution in [3.63, 3.8) is 0 Å². The number of hydrogen-bond donors (Lipinski definition) is 1. The number of benzene rings is 1. The van der Waals surface area contributed by atoms with E-state index in [1.807, 2.05) is 48.6 Å². The minimum Gasteiger partial charge on any atom is -0.310 e. The molecule has 1 amide bonds. The van der Waals surface area contributed by atoms with Crippen molar-refractivity contribution in [3.05, 3.63) is 53.2 Å². The predicted octanol–water partition coefficient (Wildman–Crippen LogP) is 4.31. The molecule has 0 saturated heterocycles. The van der Waals surface area contributed by atoms with Crippen molar-refractivity contribution in [2.75, 3.05) is 5.32 Å². The summed E-state index contributed by atoms with van der Waals surface area (Å²) in [7, 11) is 0. The van der Waals surface area contributed by atoms with Gasteiger partial charge in [0, 0.05) is 18.2 Å². The molecule has 2 heterocycles. The highest BCUT2D eigenvalue weighted by Crippen LogP contribution is 2.30. The molecule has 112 valence electrons. The molecular formula is C17H16ClN3O. The summed E-state index contributed by atoms with van der Waals surface area (Å²) in [4.78, 5) is 16.5. The van der Waals surface area contributed by atoms with Gasteiger partial charge in [-0.2, -0.15) is 0 Å². The Kier molecular flexibility index (Phi) is 3.86. The maximum absolute atomic E-state index is 11.9. The van der Waals surface area contributed by atoms with E-state index in [4.69, 9.17) is 11.6 Å². The summed E-state index contributed by atoms with van der Waals surface area (Å²) in [5, 5.41) is 3.52. The van der Waals surface area contributed by atoms with Crippen LogP contribution in [0.1, 0.15) is 18.9 Å². The molecule has 0 spiro atoms. The number of nitrogens with one attached hydrogen (secondary N) is 1. The van der Waals surface area contributed by atoms with Crippen molar-refractivity contribution in [2.45, 2.75) is 20.3 Å². The lowest BCUT2D eigenvalue weighted by molar-refractivity contribution is -0.115. The second kappa shape index (κ2) is 5.81. The Morgan fingerprint density at radius 1 is 1.23 bits per heavy atom. The van der Waals surface area contributed by atoms with Crippen LogP contribution in [0.4, 0.5) is 5.82 Å². The van der Waals surface area contributed by atoms with Crippen LogP contribution in [-0.2, 0) is 4.79 Å². The first kappa shape index (κ1) is 14.6. The topological polar surface area (TPSA) is 46.4 Å². The molecule has 0 atom stereocenters. The average molecular weight is 314 g/mol. The number of aryl methyl sites for hydroxylation is 1. The van der Waals surface area contributed by atoms with Crippen LogP contribution >= 0.6 is 11.6 Å². The quantitative estimate of drug-likeness (QED) is 0.783. The summed E-state index contributed by atoms with van der Waals surface area (Å²) in [5.41, 5.74) is 3.61. The Balaban J connectivity index is 2.21. The fraction of sp³-hybridized carbons (Fsp3) is 0.176. The third-order valence-corrected chi connectivity index (χ3v) is 3.71. The number of rotatable bonds is 3. The van der Waals surface area contributed by atoms with Gasteiger partial charge in [0.15, 0.2) is 0 Å². The largest absolute Gasteiger partial charge is 0.310 e. The molecule has 0 bridgehead atoms. The minimum atomic E-state index is -0.0601. The number of imidazole rings is 1. The smallest absolute Gasteiger partial charge is 0.225 e. The van der Waals surface area contributed by atoms with Crippen LogP contribution in [0.5, 0.6) is 0 Å². The molecule has 0 radical (unpaired) electrons. The molecule has 0 aliphatic rings. The Morgan fingerprint density at radius 2 is 1.95 bits per heavy atom. The first-order valence-corrected chi connectivity index (χ1v) is 7.51. The molecule has 2 aromatic heterocycles. The van der Waals surface area contributed by atoms with Gasteiger partial charge in [-0.15, -0.1) is 0 Å². The monoisotopic (exact) mass is 313 g/mol. The number of nitrogens with zero attached hydrogens (tertiary/aromatic N) is 2. The number of hydrogen-bond acceptors (Lipinski definition) is 2. The summed E-state index contributed by atoms with van der Waals surface area (Å²) in [6.45, 7) is 3.85. The van der Waals surface area contributed by atoms with Gasteiger partial charge in [-0.05, 0) is 19.1 Å². The molecule has 0 saturated carbocycles. The highest BCUT2D eigenvalue weighted by atomic mass is 35.5. The standard InChI is InChI=1S/C17H16ClN3O/c1-3-15(22)20-17-16(12-6-4-11(2)5-7-12)19-14-9-8-13(18)10-21(14)17/h4-10H,3H2,1-2H3,(H,20,22). The zero-order chi connectivity index (χ0) is 15.7. The highest BCUT2D eigenvalue weighted by Gasteiger charge is 2.16. The van der Waals surface area contributed by atoms with Gasteiger partial charge in [-0.1, -0.05) is 48.4 Å². The van der Waals surface area contributed by atoms with Crippen molar-refractivity contribution < 1.29 is 4.79 Å². The fourth-order valence-electron chi connectivity index (χ4n) is 2.27. The van der Waals surface area contributed by atoms with Crippen LogP contribution in [0.25, 0.3) is 16.9 Å². The minimum absolute atomic E-state index is 0.0601. The van der Waals surface area contributed by atoms with Crippen LogP contribution in [0.3, 0.4) is 0 Å². The second-order valence-electron chi connectivity index (χ2n) is 5.15. The Morgan fingerprint density at radius 3 is 2.64 bits per heavy atom. The van der Waals surface area contributed by atoms with Crippen LogP contribution < -0.4 is 5.32 Å². The number of anilines is 1.